The zero-order valence-corrected chi connectivity index (χ0v) is 13.0. The molecule has 1 aromatic heterocycles. The number of alkyl halides is 3. The van der Waals surface area contributed by atoms with Crippen molar-refractivity contribution in [3.63, 3.8) is 0 Å². The van der Waals surface area contributed by atoms with Crippen LogP contribution in [0.1, 0.15) is 10.4 Å². The van der Waals surface area contributed by atoms with Crippen molar-refractivity contribution >= 4 is 22.2 Å². The number of benzene rings is 2. The first kappa shape index (κ1) is 15.6. The third kappa shape index (κ3) is 3.53. The standard InChI is InChI=1S/C17H13F3N2S/c1-11-15(12-6-3-2-4-7-12)22-16(23-11)21-14-9-5-8-13(10-14)17(18,19)20/h2-10H,1H3,(H,21,22). The Bertz CT molecular complexity index is 810. The molecular weight excluding hydrogens is 321 g/mol. The van der Waals surface area contributed by atoms with Gasteiger partial charge in [-0.1, -0.05) is 36.4 Å². The van der Waals surface area contributed by atoms with Gasteiger partial charge in [-0.05, 0) is 25.1 Å². The van der Waals surface area contributed by atoms with Gasteiger partial charge in [-0.25, -0.2) is 4.98 Å². The van der Waals surface area contributed by atoms with Crippen molar-refractivity contribution in [2.24, 2.45) is 0 Å². The maximum absolute atomic E-state index is 12.8. The molecule has 0 bridgehead atoms. The van der Waals surface area contributed by atoms with E-state index in [0.717, 1.165) is 28.3 Å². The molecule has 23 heavy (non-hydrogen) atoms. The Morgan fingerprint density at radius 1 is 1.00 bits per heavy atom. The molecule has 0 spiro atoms. The van der Waals surface area contributed by atoms with Crippen LogP contribution in [0.5, 0.6) is 0 Å². The van der Waals surface area contributed by atoms with Crippen molar-refractivity contribution in [1.82, 2.24) is 4.98 Å². The van der Waals surface area contributed by atoms with E-state index in [1.54, 1.807) is 6.07 Å². The Kier molecular flexibility index (Phi) is 4.09. The Morgan fingerprint density at radius 3 is 2.43 bits per heavy atom. The molecule has 118 valence electrons. The van der Waals surface area contributed by atoms with Crippen LogP contribution in [0, 0.1) is 6.92 Å². The van der Waals surface area contributed by atoms with Gasteiger partial charge in [0.05, 0.1) is 11.3 Å². The van der Waals surface area contributed by atoms with Crippen LogP contribution in [0.4, 0.5) is 24.0 Å². The van der Waals surface area contributed by atoms with Crippen LogP contribution in [0.25, 0.3) is 11.3 Å². The molecule has 6 heteroatoms. The monoisotopic (exact) mass is 334 g/mol. The molecule has 2 nitrogen and oxygen atoms in total. The van der Waals surface area contributed by atoms with E-state index in [9.17, 15) is 13.2 Å². The average molecular weight is 334 g/mol. The second-order valence-electron chi connectivity index (χ2n) is 4.99. The molecule has 0 saturated heterocycles. The molecule has 0 radical (unpaired) electrons. The van der Waals surface area contributed by atoms with E-state index in [4.69, 9.17) is 0 Å². The van der Waals surface area contributed by atoms with E-state index in [1.165, 1.54) is 17.4 Å². The summed E-state index contributed by atoms with van der Waals surface area (Å²) in [7, 11) is 0. The number of halogens is 3. The van der Waals surface area contributed by atoms with E-state index >= 15 is 0 Å². The lowest BCUT2D eigenvalue weighted by molar-refractivity contribution is -0.137. The number of anilines is 2. The van der Waals surface area contributed by atoms with Crippen LogP contribution in [0.2, 0.25) is 0 Å². The zero-order valence-electron chi connectivity index (χ0n) is 12.2. The van der Waals surface area contributed by atoms with Crippen LogP contribution in [-0.4, -0.2) is 4.98 Å². The second kappa shape index (κ2) is 6.04. The summed E-state index contributed by atoms with van der Waals surface area (Å²) in [6, 6.07) is 14.8. The van der Waals surface area contributed by atoms with Crippen LogP contribution in [0.15, 0.2) is 54.6 Å². The van der Waals surface area contributed by atoms with E-state index in [2.05, 4.69) is 10.3 Å². The van der Waals surface area contributed by atoms with Gasteiger partial charge in [-0.2, -0.15) is 13.2 Å². The van der Waals surface area contributed by atoms with Gasteiger partial charge in [-0.3, -0.25) is 0 Å². The van der Waals surface area contributed by atoms with Crippen molar-refractivity contribution in [2.45, 2.75) is 13.1 Å². The molecule has 2 aromatic carbocycles. The molecule has 0 unspecified atom stereocenters. The van der Waals surface area contributed by atoms with Gasteiger partial charge in [0.2, 0.25) is 0 Å². The maximum Gasteiger partial charge on any atom is 0.416 e. The van der Waals surface area contributed by atoms with Crippen LogP contribution in [0.3, 0.4) is 0 Å². The van der Waals surface area contributed by atoms with Gasteiger partial charge >= 0.3 is 6.18 Å². The summed E-state index contributed by atoms with van der Waals surface area (Å²) in [5, 5.41) is 3.52. The fourth-order valence-electron chi connectivity index (χ4n) is 2.21. The van der Waals surface area contributed by atoms with Gasteiger partial charge in [0, 0.05) is 16.1 Å². The predicted molar refractivity (Wildman–Crippen MR) is 87.0 cm³/mol. The summed E-state index contributed by atoms with van der Waals surface area (Å²) in [6.07, 6.45) is -4.36. The zero-order chi connectivity index (χ0) is 16.4. The molecular formula is C17H13F3N2S. The molecule has 0 aliphatic carbocycles. The van der Waals surface area contributed by atoms with Gasteiger partial charge in [0.15, 0.2) is 5.13 Å². The van der Waals surface area contributed by atoms with Crippen molar-refractivity contribution in [3.8, 4) is 11.3 Å². The predicted octanol–water partition coefficient (Wildman–Crippen LogP) is 5.88. The van der Waals surface area contributed by atoms with Crippen LogP contribution < -0.4 is 5.32 Å². The minimum Gasteiger partial charge on any atom is -0.332 e. The Labute approximate surface area is 135 Å². The summed E-state index contributed by atoms with van der Waals surface area (Å²) in [4.78, 5) is 5.50. The van der Waals surface area contributed by atoms with E-state index in [1.807, 2.05) is 37.3 Å². The number of hydrogen-bond acceptors (Lipinski definition) is 3. The highest BCUT2D eigenvalue weighted by molar-refractivity contribution is 7.16. The lowest BCUT2D eigenvalue weighted by Gasteiger charge is -2.08. The molecule has 0 fully saturated rings. The lowest BCUT2D eigenvalue weighted by Crippen LogP contribution is -2.05. The first-order valence-electron chi connectivity index (χ1n) is 6.90. The number of aromatic nitrogens is 1. The SMILES string of the molecule is Cc1sc(Nc2cccc(C(F)(F)F)c2)nc1-c1ccccc1. The van der Waals surface area contributed by atoms with Crippen molar-refractivity contribution < 1.29 is 13.2 Å². The second-order valence-corrected chi connectivity index (χ2v) is 6.20. The Balaban J connectivity index is 1.87. The summed E-state index contributed by atoms with van der Waals surface area (Å²) in [6.45, 7) is 1.94. The molecule has 3 aromatic rings. The highest BCUT2D eigenvalue weighted by Gasteiger charge is 2.30. The number of hydrogen-bond donors (Lipinski definition) is 1. The summed E-state index contributed by atoms with van der Waals surface area (Å²) in [5.41, 5.74) is 1.51. The summed E-state index contributed by atoms with van der Waals surface area (Å²) < 4.78 is 38.3. The molecule has 1 heterocycles. The molecule has 1 N–H and O–H groups in total. The smallest absolute Gasteiger partial charge is 0.332 e. The number of aryl methyl sites for hydroxylation is 1. The molecule has 3 rings (SSSR count). The largest absolute Gasteiger partial charge is 0.416 e. The first-order valence-corrected chi connectivity index (χ1v) is 7.72. The summed E-state index contributed by atoms with van der Waals surface area (Å²) >= 11 is 1.41. The van der Waals surface area contributed by atoms with Gasteiger partial charge in [0.25, 0.3) is 0 Å². The van der Waals surface area contributed by atoms with Gasteiger partial charge < -0.3 is 5.32 Å². The normalized spacial score (nSPS) is 11.5. The Morgan fingerprint density at radius 2 is 1.74 bits per heavy atom. The molecule has 0 saturated carbocycles. The first-order chi connectivity index (χ1) is 10.9. The lowest BCUT2D eigenvalue weighted by atomic mass is 10.1. The number of rotatable bonds is 3. The minimum absolute atomic E-state index is 0.369. The number of nitrogens with one attached hydrogen (secondary N) is 1. The third-order valence-corrected chi connectivity index (χ3v) is 4.17. The third-order valence-electron chi connectivity index (χ3n) is 3.28. The number of thiazole rings is 1. The highest BCUT2D eigenvalue weighted by atomic mass is 32.1. The fraction of sp³-hybridized carbons (Fsp3) is 0.118. The maximum atomic E-state index is 12.8. The van der Waals surface area contributed by atoms with E-state index < -0.39 is 11.7 Å². The highest BCUT2D eigenvalue weighted by Crippen LogP contribution is 2.34. The van der Waals surface area contributed by atoms with Crippen molar-refractivity contribution in [3.05, 3.63) is 65.0 Å². The average Bonchev–Trinajstić information content (AvgIpc) is 2.88. The van der Waals surface area contributed by atoms with E-state index in [-0.39, 0.29) is 0 Å². The molecule has 0 amide bonds. The van der Waals surface area contributed by atoms with Crippen molar-refractivity contribution in [2.75, 3.05) is 5.32 Å². The van der Waals surface area contributed by atoms with Crippen molar-refractivity contribution in [1.29, 1.82) is 0 Å². The minimum atomic E-state index is -4.36. The molecule has 0 aliphatic heterocycles. The van der Waals surface area contributed by atoms with Gasteiger partial charge in [-0.15, -0.1) is 11.3 Å². The molecule has 0 atom stereocenters. The quantitative estimate of drug-likeness (QED) is 0.647. The topological polar surface area (TPSA) is 24.9 Å². The van der Waals surface area contributed by atoms with Crippen LogP contribution >= 0.6 is 11.3 Å². The van der Waals surface area contributed by atoms with Gasteiger partial charge in [0.1, 0.15) is 0 Å². The Hall–Kier alpha value is -2.34. The van der Waals surface area contributed by atoms with E-state index in [0.29, 0.717) is 10.8 Å². The van der Waals surface area contributed by atoms with Crippen LogP contribution in [-0.2, 0) is 6.18 Å². The number of nitrogens with zero attached hydrogens (tertiary/aromatic N) is 1. The summed E-state index contributed by atoms with van der Waals surface area (Å²) in [5.74, 6) is 0. The fourth-order valence-corrected chi connectivity index (χ4v) is 3.07. The molecule has 0 aliphatic rings.